The average molecular weight is 835 g/mol. The molecule has 0 heterocycles. The highest BCUT2D eigenvalue weighted by Gasteiger charge is 2.25. The summed E-state index contributed by atoms with van der Waals surface area (Å²) < 4.78 is 22.8. The van der Waals surface area contributed by atoms with Crippen LogP contribution in [0.4, 0.5) is 0 Å². The second kappa shape index (κ2) is 42.2. The van der Waals surface area contributed by atoms with Crippen molar-refractivity contribution in [3.63, 3.8) is 0 Å². The molecule has 0 spiro atoms. The molecule has 0 aromatic rings. The molecular weight excluding hydrogens is 743 g/mol. The number of carbonyl (C=O) groups excluding carboxylic acids is 2. The molecular formula is C50H92NO8+. The average Bonchev–Trinajstić information content (AvgIpc) is 3.19. The molecule has 0 bridgehead atoms. The SMILES string of the molecule is CCCCCC/C=C\C/C=C\CCCCCCCC(=O)OC(COC(=O)CCCCCCCCC/C=C\CCCCCCCCC)COC(OCC[N+](C)(C)C)C(=O)O. The number of hydrogen-bond donors (Lipinski definition) is 1. The Hall–Kier alpha value is -2.49. The second-order valence-corrected chi connectivity index (χ2v) is 17.4. The van der Waals surface area contributed by atoms with Gasteiger partial charge in [0.25, 0.3) is 6.29 Å². The minimum Gasteiger partial charge on any atom is -0.477 e. The zero-order valence-corrected chi connectivity index (χ0v) is 38.9. The van der Waals surface area contributed by atoms with Crippen LogP contribution in [0.3, 0.4) is 0 Å². The van der Waals surface area contributed by atoms with E-state index < -0.39 is 24.3 Å². The summed E-state index contributed by atoms with van der Waals surface area (Å²) >= 11 is 0. The van der Waals surface area contributed by atoms with Crippen LogP contribution < -0.4 is 0 Å². The normalized spacial score (nSPS) is 13.2. The van der Waals surface area contributed by atoms with Crippen molar-refractivity contribution >= 4 is 17.9 Å². The van der Waals surface area contributed by atoms with Gasteiger partial charge in [-0.05, 0) is 70.6 Å². The Balaban J connectivity index is 4.41. The lowest BCUT2D eigenvalue weighted by Crippen LogP contribution is -2.40. The van der Waals surface area contributed by atoms with Gasteiger partial charge in [0.1, 0.15) is 13.2 Å². The van der Waals surface area contributed by atoms with Gasteiger partial charge >= 0.3 is 17.9 Å². The molecule has 0 saturated carbocycles. The summed E-state index contributed by atoms with van der Waals surface area (Å²) in [4.78, 5) is 37.2. The third-order valence-electron chi connectivity index (χ3n) is 10.4. The van der Waals surface area contributed by atoms with Gasteiger partial charge in [0.05, 0.1) is 34.4 Å². The van der Waals surface area contributed by atoms with E-state index in [1.165, 1.54) is 116 Å². The van der Waals surface area contributed by atoms with Gasteiger partial charge in [0.15, 0.2) is 6.10 Å². The lowest BCUT2D eigenvalue weighted by Gasteiger charge is -2.25. The first-order chi connectivity index (χ1) is 28.6. The molecule has 0 fully saturated rings. The number of likely N-dealkylation sites (N-methyl/N-ethyl adjacent to an activating group) is 1. The van der Waals surface area contributed by atoms with E-state index in [4.69, 9.17) is 18.9 Å². The Morgan fingerprint density at radius 3 is 1.37 bits per heavy atom. The largest absolute Gasteiger partial charge is 0.477 e. The Morgan fingerprint density at radius 2 is 0.915 bits per heavy atom. The van der Waals surface area contributed by atoms with Crippen molar-refractivity contribution in [2.24, 2.45) is 0 Å². The summed E-state index contributed by atoms with van der Waals surface area (Å²) in [5.41, 5.74) is 0. The number of allylic oxidation sites excluding steroid dienone is 6. The van der Waals surface area contributed by atoms with E-state index in [2.05, 4.69) is 50.3 Å². The minimum atomic E-state index is -1.51. The number of esters is 2. The van der Waals surface area contributed by atoms with E-state index in [1.54, 1.807) is 0 Å². The fourth-order valence-corrected chi connectivity index (χ4v) is 6.57. The lowest BCUT2D eigenvalue weighted by atomic mass is 10.1. The molecule has 344 valence electrons. The van der Waals surface area contributed by atoms with Crippen LogP contribution in [0.25, 0.3) is 0 Å². The number of hydrogen-bond acceptors (Lipinski definition) is 7. The molecule has 9 heteroatoms. The highest BCUT2D eigenvalue weighted by atomic mass is 16.7. The van der Waals surface area contributed by atoms with Crippen molar-refractivity contribution < 1.29 is 42.9 Å². The maximum Gasteiger partial charge on any atom is 0.361 e. The number of carboxylic acids is 1. The minimum absolute atomic E-state index is 0.184. The van der Waals surface area contributed by atoms with E-state index >= 15 is 0 Å². The number of carboxylic acid groups (broad SMARTS) is 1. The Kier molecular flexibility index (Phi) is 40.4. The van der Waals surface area contributed by atoms with Crippen LogP contribution in [-0.2, 0) is 33.3 Å². The molecule has 0 aliphatic rings. The van der Waals surface area contributed by atoms with E-state index in [0.29, 0.717) is 23.9 Å². The highest BCUT2D eigenvalue weighted by molar-refractivity contribution is 5.71. The van der Waals surface area contributed by atoms with E-state index in [9.17, 15) is 19.5 Å². The summed E-state index contributed by atoms with van der Waals surface area (Å²) in [6.07, 6.45) is 44.8. The Bertz CT molecular complexity index is 1070. The predicted molar refractivity (Wildman–Crippen MR) is 244 cm³/mol. The van der Waals surface area contributed by atoms with Crippen molar-refractivity contribution in [2.45, 2.75) is 219 Å². The van der Waals surface area contributed by atoms with E-state index in [0.717, 1.165) is 57.8 Å². The first-order valence-corrected chi connectivity index (χ1v) is 24.2. The van der Waals surface area contributed by atoms with Crippen molar-refractivity contribution in [1.29, 1.82) is 0 Å². The predicted octanol–water partition coefficient (Wildman–Crippen LogP) is 13.0. The van der Waals surface area contributed by atoms with Crippen molar-refractivity contribution in [1.82, 2.24) is 0 Å². The third-order valence-corrected chi connectivity index (χ3v) is 10.4. The van der Waals surface area contributed by atoms with Crippen molar-refractivity contribution in [3.05, 3.63) is 36.5 Å². The molecule has 0 amide bonds. The summed E-state index contributed by atoms with van der Waals surface area (Å²) in [7, 11) is 5.95. The van der Waals surface area contributed by atoms with Gasteiger partial charge in [-0.25, -0.2) is 4.79 Å². The molecule has 1 N–H and O–H groups in total. The van der Waals surface area contributed by atoms with Crippen LogP contribution in [0, 0.1) is 0 Å². The van der Waals surface area contributed by atoms with Crippen LogP contribution in [0.15, 0.2) is 36.5 Å². The zero-order chi connectivity index (χ0) is 43.5. The summed E-state index contributed by atoms with van der Waals surface area (Å²) in [6.45, 7) is 4.84. The summed E-state index contributed by atoms with van der Waals surface area (Å²) in [5.74, 6) is -2.03. The molecule has 0 aromatic heterocycles. The standard InChI is InChI=1S/C50H91NO8/c1-6-8-10-12-14-16-18-20-22-24-25-27-28-30-32-34-36-38-40-47(52)57-44-46(45-58-50(49(54)55)56-43-42-51(3,4)5)59-48(53)41-39-37-35-33-31-29-26-23-21-19-17-15-13-11-9-7-2/h17,19,22-24,26,46,50H,6-16,18,20-21,25,27-45H2,1-5H3/p+1/b19-17-,24-22-,26-23-. The summed E-state index contributed by atoms with van der Waals surface area (Å²) in [5, 5.41) is 9.65. The van der Waals surface area contributed by atoms with Crippen LogP contribution in [-0.4, -0.2) is 87.4 Å². The highest BCUT2D eigenvalue weighted by Crippen LogP contribution is 2.14. The Labute approximate surface area is 362 Å². The van der Waals surface area contributed by atoms with Gasteiger partial charge < -0.3 is 28.5 Å². The molecule has 0 aromatic carbocycles. The number of unbranched alkanes of at least 4 members (excludes halogenated alkanes) is 23. The molecule has 59 heavy (non-hydrogen) atoms. The zero-order valence-electron chi connectivity index (χ0n) is 38.9. The molecule has 0 aliphatic heterocycles. The van der Waals surface area contributed by atoms with Crippen LogP contribution in [0.1, 0.15) is 206 Å². The molecule has 0 radical (unpaired) electrons. The van der Waals surface area contributed by atoms with Crippen LogP contribution in [0.5, 0.6) is 0 Å². The maximum absolute atomic E-state index is 12.8. The van der Waals surface area contributed by atoms with Crippen molar-refractivity contribution in [2.75, 3.05) is 47.5 Å². The molecule has 0 saturated heterocycles. The van der Waals surface area contributed by atoms with Gasteiger partial charge in [-0.1, -0.05) is 159 Å². The van der Waals surface area contributed by atoms with Gasteiger partial charge in [0.2, 0.25) is 0 Å². The number of ether oxygens (including phenoxy) is 4. The molecule has 9 nitrogen and oxygen atoms in total. The van der Waals surface area contributed by atoms with E-state index in [1.807, 2.05) is 21.1 Å². The molecule has 2 atom stereocenters. The second-order valence-electron chi connectivity index (χ2n) is 17.4. The Morgan fingerprint density at radius 1 is 0.508 bits per heavy atom. The monoisotopic (exact) mass is 835 g/mol. The van der Waals surface area contributed by atoms with Gasteiger partial charge in [0, 0.05) is 12.8 Å². The fourth-order valence-electron chi connectivity index (χ4n) is 6.57. The first-order valence-electron chi connectivity index (χ1n) is 24.2. The lowest BCUT2D eigenvalue weighted by molar-refractivity contribution is -0.870. The number of aliphatic carboxylic acids is 1. The molecule has 2 unspecified atom stereocenters. The fraction of sp³-hybridized carbons (Fsp3) is 0.820. The molecule has 0 aliphatic carbocycles. The van der Waals surface area contributed by atoms with Gasteiger partial charge in [-0.15, -0.1) is 0 Å². The topological polar surface area (TPSA) is 108 Å². The van der Waals surface area contributed by atoms with Crippen molar-refractivity contribution in [3.8, 4) is 0 Å². The number of nitrogens with zero attached hydrogens (tertiary/aromatic N) is 1. The van der Waals surface area contributed by atoms with Gasteiger partial charge in [-0.2, -0.15) is 0 Å². The molecule has 0 rings (SSSR count). The maximum atomic E-state index is 12.8. The van der Waals surface area contributed by atoms with E-state index in [-0.39, 0.29) is 32.2 Å². The van der Waals surface area contributed by atoms with Gasteiger partial charge in [-0.3, -0.25) is 9.59 Å². The van der Waals surface area contributed by atoms with Crippen LogP contribution in [0.2, 0.25) is 0 Å². The number of rotatable bonds is 44. The number of quaternary nitrogens is 1. The number of carbonyl (C=O) groups is 3. The third kappa shape index (κ3) is 43.4. The summed E-state index contributed by atoms with van der Waals surface area (Å²) in [6, 6.07) is 0. The first kappa shape index (κ1) is 56.5. The van der Waals surface area contributed by atoms with Crippen LogP contribution >= 0.6 is 0 Å². The smallest absolute Gasteiger partial charge is 0.361 e. The quantitative estimate of drug-likeness (QED) is 0.0213.